The molecule has 1 atom stereocenters. The number of carbonyl (C=O) groups is 1. The fourth-order valence-corrected chi connectivity index (χ4v) is 5.55. The molecule has 172 valence electrons. The second-order valence-electron chi connectivity index (χ2n) is 7.90. The van der Waals surface area contributed by atoms with Gasteiger partial charge in [0.1, 0.15) is 6.54 Å². The Balaban J connectivity index is 1.58. The summed E-state index contributed by atoms with van der Waals surface area (Å²) in [7, 11) is -3.70. The van der Waals surface area contributed by atoms with Crippen LogP contribution in [0.3, 0.4) is 0 Å². The quantitative estimate of drug-likeness (QED) is 0.556. The highest BCUT2D eigenvalue weighted by atomic mass is 35.5. The van der Waals surface area contributed by atoms with Crippen molar-refractivity contribution in [1.82, 2.24) is 14.2 Å². The second-order valence-corrected chi connectivity index (χ2v) is 10.3. The minimum atomic E-state index is -3.70. The fraction of sp³-hybridized carbons (Fsp3) is 0.250. The van der Waals surface area contributed by atoms with E-state index in [4.69, 9.17) is 11.6 Å². The summed E-state index contributed by atoms with van der Waals surface area (Å²) in [5.74, 6) is -0.420. The van der Waals surface area contributed by atoms with Gasteiger partial charge >= 0.3 is 0 Å². The molecule has 1 aliphatic heterocycles. The largest absolute Gasteiger partial charge is 0.344 e. The number of sulfonamides is 1. The molecule has 0 aliphatic carbocycles. The van der Waals surface area contributed by atoms with Gasteiger partial charge in [-0.15, -0.1) is 0 Å². The molecular formula is C24H24ClN3O4S. The van der Waals surface area contributed by atoms with Gasteiger partial charge in [0.25, 0.3) is 5.56 Å². The van der Waals surface area contributed by atoms with Crippen LogP contribution < -0.4 is 10.9 Å². The first kappa shape index (κ1) is 23.2. The maximum Gasteiger partial charge on any atom is 0.251 e. The van der Waals surface area contributed by atoms with Crippen molar-refractivity contribution in [2.75, 3.05) is 13.1 Å². The Kier molecular flexibility index (Phi) is 6.97. The third-order valence-electron chi connectivity index (χ3n) is 5.61. The highest BCUT2D eigenvalue weighted by molar-refractivity contribution is 7.89. The summed E-state index contributed by atoms with van der Waals surface area (Å²) < 4.78 is 28.2. The Hall–Kier alpha value is -2.94. The summed E-state index contributed by atoms with van der Waals surface area (Å²) in [6.45, 7) is 0.614. The van der Waals surface area contributed by atoms with E-state index in [0.717, 1.165) is 28.5 Å². The Morgan fingerprint density at radius 1 is 0.939 bits per heavy atom. The maximum atomic E-state index is 12.9. The SMILES string of the molecule is O=C(Cn1cc(S(=O)(=O)N2CCCC2)ccc1=O)NC(c1ccccc1)c1ccc(Cl)cc1. The monoisotopic (exact) mass is 485 g/mol. The van der Waals surface area contributed by atoms with E-state index in [0.29, 0.717) is 18.1 Å². The Bertz CT molecular complexity index is 1290. The highest BCUT2D eigenvalue weighted by Crippen LogP contribution is 2.24. The van der Waals surface area contributed by atoms with Crippen LogP contribution in [-0.2, 0) is 21.4 Å². The van der Waals surface area contributed by atoms with Crippen molar-refractivity contribution in [2.45, 2.75) is 30.3 Å². The molecule has 3 aromatic rings. The van der Waals surface area contributed by atoms with Crippen LogP contribution in [0.25, 0.3) is 0 Å². The van der Waals surface area contributed by atoms with Gasteiger partial charge in [-0.05, 0) is 42.2 Å². The van der Waals surface area contributed by atoms with Gasteiger partial charge in [-0.1, -0.05) is 54.1 Å². The molecule has 33 heavy (non-hydrogen) atoms. The van der Waals surface area contributed by atoms with Crippen molar-refractivity contribution in [3.05, 3.63) is 99.4 Å². The van der Waals surface area contributed by atoms with Crippen LogP contribution in [0.15, 0.2) is 82.6 Å². The topological polar surface area (TPSA) is 88.5 Å². The molecule has 2 aromatic carbocycles. The molecule has 4 rings (SSSR count). The summed E-state index contributed by atoms with van der Waals surface area (Å²) in [6.07, 6.45) is 2.87. The summed E-state index contributed by atoms with van der Waals surface area (Å²) in [4.78, 5) is 25.3. The molecule has 2 heterocycles. The number of hydrogen-bond donors (Lipinski definition) is 1. The molecule has 0 saturated carbocycles. The number of nitrogens with one attached hydrogen (secondary N) is 1. The van der Waals surface area contributed by atoms with Crippen molar-refractivity contribution >= 4 is 27.5 Å². The third-order valence-corrected chi connectivity index (χ3v) is 7.75. The number of hydrogen-bond acceptors (Lipinski definition) is 4. The van der Waals surface area contributed by atoms with Gasteiger partial charge in [0.05, 0.1) is 10.9 Å². The van der Waals surface area contributed by atoms with Crippen LogP contribution in [0.2, 0.25) is 5.02 Å². The van der Waals surface area contributed by atoms with E-state index >= 15 is 0 Å². The zero-order valence-corrected chi connectivity index (χ0v) is 19.4. The van der Waals surface area contributed by atoms with Gasteiger partial charge in [0.15, 0.2) is 0 Å². The zero-order chi connectivity index (χ0) is 23.4. The van der Waals surface area contributed by atoms with Gasteiger partial charge in [-0.3, -0.25) is 9.59 Å². The number of carbonyl (C=O) groups excluding carboxylic acids is 1. The Morgan fingerprint density at radius 2 is 1.58 bits per heavy atom. The zero-order valence-electron chi connectivity index (χ0n) is 17.9. The summed E-state index contributed by atoms with van der Waals surface area (Å²) in [5.41, 5.74) is 1.25. The first-order valence-electron chi connectivity index (χ1n) is 10.6. The molecular weight excluding hydrogens is 462 g/mol. The average Bonchev–Trinajstić information content (AvgIpc) is 3.36. The van der Waals surface area contributed by atoms with Crippen LogP contribution in [0.5, 0.6) is 0 Å². The number of halogens is 1. The van der Waals surface area contributed by atoms with Crippen molar-refractivity contribution in [3.8, 4) is 0 Å². The minimum absolute atomic E-state index is 0.00844. The predicted octanol–water partition coefficient (Wildman–Crippen LogP) is 3.19. The number of amides is 1. The molecule has 1 aliphatic rings. The van der Waals surface area contributed by atoms with Crippen LogP contribution in [0.4, 0.5) is 0 Å². The summed E-state index contributed by atoms with van der Waals surface area (Å²) >= 11 is 6.01. The first-order valence-corrected chi connectivity index (χ1v) is 12.5. The van der Waals surface area contributed by atoms with Gasteiger partial charge < -0.3 is 9.88 Å². The van der Waals surface area contributed by atoms with Crippen molar-refractivity contribution in [1.29, 1.82) is 0 Å². The first-order chi connectivity index (χ1) is 15.8. The average molecular weight is 486 g/mol. The molecule has 9 heteroatoms. The molecule has 1 saturated heterocycles. The van der Waals surface area contributed by atoms with Crippen LogP contribution >= 0.6 is 11.6 Å². The second kappa shape index (κ2) is 9.91. The third kappa shape index (κ3) is 5.35. The molecule has 1 amide bonds. The van der Waals surface area contributed by atoms with Crippen LogP contribution in [-0.4, -0.2) is 36.3 Å². The van der Waals surface area contributed by atoms with Gasteiger partial charge in [0, 0.05) is 30.4 Å². The normalized spacial score (nSPS) is 15.3. The van der Waals surface area contributed by atoms with Gasteiger partial charge in [0.2, 0.25) is 15.9 Å². The molecule has 1 fully saturated rings. The van der Waals surface area contributed by atoms with E-state index in [1.807, 2.05) is 42.5 Å². The molecule has 0 bridgehead atoms. The lowest BCUT2D eigenvalue weighted by molar-refractivity contribution is -0.122. The smallest absolute Gasteiger partial charge is 0.251 e. The molecule has 7 nitrogen and oxygen atoms in total. The Labute approximate surface area is 197 Å². The van der Waals surface area contributed by atoms with E-state index in [2.05, 4.69) is 5.32 Å². The lowest BCUT2D eigenvalue weighted by atomic mass is 9.98. The van der Waals surface area contributed by atoms with Crippen molar-refractivity contribution in [3.63, 3.8) is 0 Å². The van der Waals surface area contributed by atoms with E-state index in [1.54, 1.807) is 12.1 Å². The fourth-order valence-electron chi connectivity index (χ4n) is 3.88. The standard InChI is InChI=1S/C24H24ClN3O4S/c25-20-10-8-19(9-11-20)24(18-6-2-1-3-7-18)26-22(29)17-27-16-21(12-13-23(27)30)33(31,32)28-14-4-5-15-28/h1-3,6-13,16,24H,4-5,14-15,17H2,(H,26,29). The van der Waals surface area contributed by atoms with Gasteiger partial charge in [-0.2, -0.15) is 4.31 Å². The number of benzene rings is 2. The van der Waals surface area contributed by atoms with E-state index in [-0.39, 0.29) is 11.4 Å². The summed E-state index contributed by atoms with van der Waals surface area (Å²) in [6, 6.07) is 18.6. The predicted molar refractivity (Wildman–Crippen MR) is 127 cm³/mol. The number of nitrogens with zero attached hydrogens (tertiary/aromatic N) is 2. The summed E-state index contributed by atoms with van der Waals surface area (Å²) in [5, 5.41) is 3.54. The number of pyridine rings is 1. The van der Waals surface area contributed by atoms with Crippen LogP contribution in [0.1, 0.15) is 30.0 Å². The Morgan fingerprint density at radius 3 is 2.24 bits per heavy atom. The highest BCUT2D eigenvalue weighted by Gasteiger charge is 2.28. The van der Waals surface area contributed by atoms with Gasteiger partial charge in [-0.25, -0.2) is 8.42 Å². The van der Waals surface area contributed by atoms with E-state index in [1.165, 1.54) is 22.6 Å². The van der Waals surface area contributed by atoms with E-state index in [9.17, 15) is 18.0 Å². The number of rotatable bonds is 7. The lowest BCUT2D eigenvalue weighted by Crippen LogP contribution is -2.35. The minimum Gasteiger partial charge on any atom is -0.344 e. The van der Waals surface area contributed by atoms with Crippen molar-refractivity contribution < 1.29 is 13.2 Å². The van der Waals surface area contributed by atoms with Crippen molar-refractivity contribution in [2.24, 2.45) is 0 Å². The molecule has 1 aromatic heterocycles. The maximum absolute atomic E-state index is 12.9. The molecule has 1 unspecified atom stereocenters. The number of aromatic nitrogens is 1. The lowest BCUT2D eigenvalue weighted by Gasteiger charge is -2.21. The molecule has 0 radical (unpaired) electrons. The molecule has 1 N–H and O–H groups in total. The van der Waals surface area contributed by atoms with Crippen LogP contribution in [0, 0.1) is 0 Å². The molecule has 0 spiro atoms. The van der Waals surface area contributed by atoms with E-state index < -0.39 is 27.5 Å².